The van der Waals surface area contributed by atoms with Gasteiger partial charge in [-0.1, -0.05) is 13.8 Å². The summed E-state index contributed by atoms with van der Waals surface area (Å²) in [6.07, 6.45) is 0.762. The molecule has 0 aromatic heterocycles. The molecule has 0 atom stereocenters. The van der Waals surface area contributed by atoms with Gasteiger partial charge in [0.2, 0.25) is 0 Å². The number of aryl methyl sites for hydroxylation is 1. The Bertz CT molecular complexity index is 564. The predicted octanol–water partition coefficient (Wildman–Crippen LogP) is 3.13. The molecule has 6 heteroatoms. The zero-order chi connectivity index (χ0) is 14.6. The molecule has 0 aliphatic rings. The van der Waals surface area contributed by atoms with Gasteiger partial charge in [0.1, 0.15) is 0 Å². The molecule has 4 nitrogen and oxygen atoms in total. The number of hydrogen-bond donors (Lipinski definition) is 0. The second kappa shape index (κ2) is 6.39. The molecule has 1 aromatic rings. The topological polar surface area (TPSA) is 60.4 Å². The van der Waals surface area contributed by atoms with Crippen molar-refractivity contribution in [2.24, 2.45) is 5.92 Å². The molecule has 19 heavy (non-hydrogen) atoms. The van der Waals surface area contributed by atoms with Gasteiger partial charge in [-0.15, -0.1) is 0 Å². The van der Waals surface area contributed by atoms with Gasteiger partial charge in [0.15, 0.2) is 0 Å². The first-order chi connectivity index (χ1) is 8.70. The Morgan fingerprint density at radius 2 is 1.95 bits per heavy atom. The molecule has 0 amide bonds. The van der Waals surface area contributed by atoms with Crippen molar-refractivity contribution in [2.45, 2.75) is 32.1 Å². The summed E-state index contributed by atoms with van der Waals surface area (Å²) in [7, 11) is 1.42. The SMILES string of the molecule is Cc1cc(C(=O)OCCC(C)C)cc(S(=O)(=O)Cl)c1. The van der Waals surface area contributed by atoms with Crippen molar-refractivity contribution in [3.8, 4) is 0 Å². The molecule has 1 aromatic carbocycles. The highest BCUT2D eigenvalue weighted by Gasteiger charge is 2.15. The minimum atomic E-state index is -3.85. The Morgan fingerprint density at radius 1 is 1.32 bits per heavy atom. The van der Waals surface area contributed by atoms with E-state index in [4.69, 9.17) is 15.4 Å². The van der Waals surface area contributed by atoms with Gasteiger partial charge in [-0.3, -0.25) is 0 Å². The van der Waals surface area contributed by atoms with Gasteiger partial charge in [-0.2, -0.15) is 0 Å². The third kappa shape index (κ3) is 5.20. The van der Waals surface area contributed by atoms with Crippen molar-refractivity contribution < 1.29 is 17.9 Å². The molecule has 106 valence electrons. The summed E-state index contributed by atoms with van der Waals surface area (Å²) in [6.45, 7) is 6.06. The molecule has 0 saturated carbocycles. The van der Waals surface area contributed by atoms with Gasteiger partial charge < -0.3 is 4.74 Å². The highest BCUT2D eigenvalue weighted by atomic mass is 35.7. The number of rotatable bonds is 5. The van der Waals surface area contributed by atoms with E-state index in [1.807, 2.05) is 13.8 Å². The number of carbonyl (C=O) groups excluding carboxylic acids is 1. The minimum Gasteiger partial charge on any atom is -0.462 e. The monoisotopic (exact) mass is 304 g/mol. The average Bonchev–Trinajstić information content (AvgIpc) is 2.26. The van der Waals surface area contributed by atoms with Crippen molar-refractivity contribution in [1.82, 2.24) is 0 Å². The zero-order valence-electron chi connectivity index (χ0n) is 11.1. The molecule has 0 bridgehead atoms. The fourth-order valence-electron chi connectivity index (χ4n) is 1.48. The number of hydrogen-bond acceptors (Lipinski definition) is 4. The summed E-state index contributed by atoms with van der Waals surface area (Å²) in [5.74, 6) is -0.102. The summed E-state index contributed by atoms with van der Waals surface area (Å²) in [5, 5.41) is 0. The van der Waals surface area contributed by atoms with E-state index in [-0.39, 0.29) is 10.5 Å². The molecule has 0 unspecified atom stereocenters. The molecule has 0 spiro atoms. The molecular weight excluding hydrogens is 288 g/mol. The van der Waals surface area contributed by atoms with Crippen LogP contribution in [0.25, 0.3) is 0 Å². The Hall–Kier alpha value is -1.07. The number of ether oxygens (including phenoxy) is 1. The van der Waals surface area contributed by atoms with Crippen LogP contribution in [-0.2, 0) is 13.8 Å². The second-order valence-corrected chi connectivity index (χ2v) is 7.36. The highest BCUT2D eigenvalue weighted by molar-refractivity contribution is 8.13. The van der Waals surface area contributed by atoms with Crippen molar-refractivity contribution in [3.63, 3.8) is 0 Å². The largest absolute Gasteiger partial charge is 0.462 e. The van der Waals surface area contributed by atoms with Gasteiger partial charge in [0.05, 0.1) is 17.1 Å². The van der Waals surface area contributed by atoms with Crippen molar-refractivity contribution in [2.75, 3.05) is 6.61 Å². The molecule has 0 heterocycles. The standard InChI is InChI=1S/C13H17ClO4S/c1-9(2)4-5-18-13(15)11-6-10(3)7-12(8-11)19(14,16)17/h6-9H,4-5H2,1-3H3. The molecule has 0 saturated heterocycles. The van der Waals surface area contributed by atoms with Gasteiger partial charge in [-0.05, 0) is 43.0 Å². The van der Waals surface area contributed by atoms with Crippen LogP contribution in [-0.4, -0.2) is 21.0 Å². The predicted molar refractivity (Wildman–Crippen MR) is 74.0 cm³/mol. The van der Waals surface area contributed by atoms with E-state index in [0.29, 0.717) is 18.1 Å². The van der Waals surface area contributed by atoms with E-state index in [2.05, 4.69) is 0 Å². The Labute approximate surface area is 118 Å². The summed E-state index contributed by atoms with van der Waals surface area (Å²) in [5.41, 5.74) is 0.834. The normalized spacial score (nSPS) is 11.6. The lowest BCUT2D eigenvalue weighted by atomic mass is 10.1. The van der Waals surface area contributed by atoms with Crippen molar-refractivity contribution in [3.05, 3.63) is 29.3 Å². The van der Waals surface area contributed by atoms with E-state index in [0.717, 1.165) is 6.42 Å². The van der Waals surface area contributed by atoms with Crippen LogP contribution in [0.15, 0.2) is 23.1 Å². The third-order valence-electron chi connectivity index (χ3n) is 2.50. The van der Waals surface area contributed by atoms with E-state index < -0.39 is 15.0 Å². The third-order valence-corrected chi connectivity index (χ3v) is 3.83. The first-order valence-electron chi connectivity index (χ1n) is 5.93. The highest BCUT2D eigenvalue weighted by Crippen LogP contribution is 2.19. The van der Waals surface area contributed by atoms with E-state index in [1.165, 1.54) is 12.1 Å². The lowest BCUT2D eigenvalue weighted by Crippen LogP contribution is -2.09. The summed E-state index contributed by atoms with van der Waals surface area (Å²) < 4.78 is 27.6. The molecule has 0 N–H and O–H groups in total. The van der Waals surface area contributed by atoms with Crippen LogP contribution in [0.4, 0.5) is 0 Å². The van der Waals surface area contributed by atoms with Crippen molar-refractivity contribution >= 4 is 25.7 Å². The number of carbonyl (C=O) groups is 1. The van der Waals surface area contributed by atoms with Crippen LogP contribution in [0.2, 0.25) is 0 Å². The molecular formula is C13H17ClO4S. The van der Waals surface area contributed by atoms with Crippen molar-refractivity contribution in [1.29, 1.82) is 0 Å². The minimum absolute atomic E-state index is 0.0926. The number of esters is 1. The van der Waals surface area contributed by atoms with Crippen LogP contribution in [0.3, 0.4) is 0 Å². The van der Waals surface area contributed by atoms with Crippen LogP contribution in [0.1, 0.15) is 36.2 Å². The summed E-state index contributed by atoms with van der Waals surface area (Å²) in [4.78, 5) is 11.7. The quantitative estimate of drug-likeness (QED) is 0.619. The molecule has 0 aliphatic carbocycles. The fraction of sp³-hybridized carbons (Fsp3) is 0.462. The average molecular weight is 305 g/mol. The fourth-order valence-corrected chi connectivity index (χ4v) is 2.34. The Balaban J connectivity index is 2.89. The molecule has 0 radical (unpaired) electrons. The first-order valence-corrected chi connectivity index (χ1v) is 8.24. The maximum absolute atomic E-state index is 11.8. The van der Waals surface area contributed by atoms with Gasteiger partial charge in [-0.25, -0.2) is 13.2 Å². The maximum atomic E-state index is 11.8. The Morgan fingerprint density at radius 3 is 2.47 bits per heavy atom. The lowest BCUT2D eigenvalue weighted by Gasteiger charge is -2.08. The van der Waals surface area contributed by atoms with E-state index in [1.54, 1.807) is 13.0 Å². The van der Waals surface area contributed by atoms with E-state index >= 15 is 0 Å². The van der Waals surface area contributed by atoms with Crippen LogP contribution < -0.4 is 0 Å². The van der Waals surface area contributed by atoms with Crippen LogP contribution >= 0.6 is 10.7 Å². The number of halogens is 1. The van der Waals surface area contributed by atoms with Crippen LogP contribution in [0, 0.1) is 12.8 Å². The number of benzene rings is 1. The van der Waals surface area contributed by atoms with Gasteiger partial charge in [0.25, 0.3) is 9.05 Å². The molecule has 1 rings (SSSR count). The summed E-state index contributed by atoms with van der Waals surface area (Å²) in [6, 6.07) is 4.21. The van der Waals surface area contributed by atoms with Gasteiger partial charge in [0, 0.05) is 10.7 Å². The second-order valence-electron chi connectivity index (χ2n) is 4.79. The van der Waals surface area contributed by atoms with E-state index in [9.17, 15) is 13.2 Å². The van der Waals surface area contributed by atoms with Gasteiger partial charge >= 0.3 is 5.97 Å². The van der Waals surface area contributed by atoms with Crippen LogP contribution in [0.5, 0.6) is 0 Å². The first kappa shape index (κ1) is 16.0. The zero-order valence-corrected chi connectivity index (χ0v) is 12.7. The molecule has 0 aliphatic heterocycles. The smallest absolute Gasteiger partial charge is 0.338 e. The summed E-state index contributed by atoms with van der Waals surface area (Å²) >= 11 is 0. The Kier molecular flexibility index (Phi) is 5.38. The lowest BCUT2D eigenvalue weighted by molar-refractivity contribution is 0.0487. The molecule has 0 fully saturated rings. The maximum Gasteiger partial charge on any atom is 0.338 e.